The fraction of sp³-hybridized carbons (Fsp3) is 1.00. The molecule has 1 nitrogen and oxygen atoms in total. The summed E-state index contributed by atoms with van der Waals surface area (Å²) in [5.74, 6) is 0. The number of alkyl halides is 1. The minimum atomic E-state index is 0.368. The van der Waals surface area contributed by atoms with Crippen LogP contribution in [-0.4, -0.2) is 16.5 Å². The third-order valence-electron chi connectivity index (χ3n) is 1.46. The van der Waals surface area contributed by atoms with Crippen LogP contribution < -0.4 is 5.32 Å². The van der Waals surface area contributed by atoms with Crippen LogP contribution in [0.1, 0.15) is 20.8 Å². The lowest BCUT2D eigenvalue weighted by Crippen LogP contribution is -2.37. The highest BCUT2D eigenvalue weighted by Crippen LogP contribution is 2.20. The van der Waals surface area contributed by atoms with Crippen molar-refractivity contribution in [1.29, 1.82) is 0 Å². The molecule has 0 aromatic carbocycles. The van der Waals surface area contributed by atoms with Crippen LogP contribution in [-0.2, 0) is 0 Å². The van der Waals surface area contributed by atoms with Crippen LogP contribution in [0.2, 0.25) is 0 Å². The van der Waals surface area contributed by atoms with Crippen LogP contribution in [0.15, 0.2) is 0 Å². The molecule has 0 aliphatic carbocycles. The molecule has 0 radical (unpaired) electrons. The molecule has 1 N–H and O–H groups in total. The lowest BCUT2D eigenvalue weighted by molar-refractivity contribution is 0.518. The molecule has 0 aromatic rings. The van der Waals surface area contributed by atoms with Gasteiger partial charge in [0.2, 0.25) is 0 Å². The topological polar surface area (TPSA) is 12.0 Å². The predicted octanol–water partition coefficient (Wildman–Crippen LogP) is 1.81. The lowest BCUT2D eigenvalue weighted by Gasteiger charge is -2.24. The highest BCUT2D eigenvalue weighted by molar-refractivity contribution is 14.1. The molecule has 0 amide bonds. The van der Waals surface area contributed by atoms with E-state index >= 15 is 0 Å². The van der Waals surface area contributed by atoms with Gasteiger partial charge < -0.3 is 5.32 Å². The van der Waals surface area contributed by atoms with Crippen molar-refractivity contribution in [1.82, 2.24) is 5.32 Å². The summed E-state index contributed by atoms with van der Waals surface area (Å²) in [6.45, 7) is 6.62. The standard InChI is InChI=1S/C6H14IN/c1-5(8-4)6(2,3)7/h5,8H,1-4H3/t5-/m1/s1. The van der Waals surface area contributed by atoms with Gasteiger partial charge in [-0.3, -0.25) is 0 Å². The molecule has 50 valence electrons. The van der Waals surface area contributed by atoms with Crippen LogP contribution in [0.5, 0.6) is 0 Å². The van der Waals surface area contributed by atoms with Crippen LogP contribution >= 0.6 is 22.6 Å². The maximum atomic E-state index is 3.20. The number of rotatable bonds is 2. The van der Waals surface area contributed by atoms with Gasteiger partial charge in [0.25, 0.3) is 0 Å². The molecule has 0 aromatic heterocycles. The van der Waals surface area contributed by atoms with Crippen LogP contribution in [0.3, 0.4) is 0 Å². The van der Waals surface area contributed by atoms with Crippen molar-refractivity contribution < 1.29 is 0 Å². The van der Waals surface area contributed by atoms with Crippen molar-refractivity contribution in [2.75, 3.05) is 7.05 Å². The number of hydrogen-bond donors (Lipinski definition) is 1. The van der Waals surface area contributed by atoms with Crippen molar-refractivity contribution in [3.8, 4) is 0 Å². The molecule has 0 aliphatic rings. The predicted molar refractivity (Wildman–Crippen MR) is 46.6 cm³/mol. The van der Waals surface area contributed by atoms with Gasteiger partial charge in [-0.25, -0.2) is 0 Å². The molecule has 2 heteroatoms. The van der Waals surface area contributed by atoms with Gasteiger partial charge in [0, 0.05) is 9.46 Å². The Morgan fingerprint density at radius 1 is 1.50 bits per heavy atom. The van der Waals surface area contributed by atoms with Gasteiger partial charge in [-0.2, -0.15) is 0 Å². The van der Waals surface area contributed by atoms with Crippen molar-refractivity contribution in [2.24, 2.45) is 0 Å². The molecule has 0 spiro atoms. The first kappa shape index (κ1) is 8.69. The molecule has 0 heterocycles. The average Bonchev–Trinajstić information content (AvgIpc) is 1.62. The number of halogens is 1. The van der Waals surface area contributed by atoms with E-state index in [1.807, 2.05) is 7.05 Å². The highest BCUT2D eigenvalue weighted by Gasteiger charge is 2.19. The molecule has 0 rings (SSSR count). The summed E-state index contributed by atoms with van der Waals surface area (Å²) in [4.78, 5) is 0. The Labute approximate surface area is 65.4 Å². The van der Waals surface area contributed by atoms with E-state index in [2.05, 4.69) is 48.7 Å². The Morgan fingerprint density at radius 2 is 1.88 bits per heavy atom. The number of hydrogen-bond acceptors (Lipinski definition) is 1. The second-order valence-electron chi connectivity index (χ2n) is 2.57. The maximum absolute atomic E-state index is 3.20. The van der Waals surface area contributed by atoms with E-state index in [-0.39, 0.29) is 0 Å². The van der Waals surface area contributed by atoms with Gasteiger partial charge >= 0.3 is 0 Å². The summed E-state index contributed by atoms with van der Waals surface area (Å²) in [7, 11) is 1.99. The maximum Gasteiger partial charge on any atom is 0.0316 e. The minimum absolute atomic E-state index is 0.368. The van der Waals surface area contributed by atoms with E-state index in [0.717, 1.165) is 0 Å². The van der Waals surface area contributed by atoms with Gasteiger partial charge in [0.1, 0.15) is 0 Å². The first-order valence-electron chi connectivity index (χ1n) is 2.84. The van der Waals surface area contributed by atoms with E-state index in [4.69, 9.17) is 0 Å². The molecule has 0 aliphatic heterocycles. The Balaban J connectivity index is 3.62. The molecule has 0 saturated heterocycles. The molecule has 0 unspecified atom stereocenters. The zero-order chi connectivity index (χ0) is 6.78. The van der Waals surface area contributed by atoms with Crippen molar-refractivity contribution in [3.05, 3.63) is 0 Å². The summed E-state index contributed by atoms with van der Waals surface area (Å²) in [5, 5.41) is 3.20. The second-order valence-corrected chi connectivity index (χ2v) is 5.36. The summed E-state index contributed by atoms with van der Waals surface area (Å²) >= 11 is 2.44. The van der Waals surface area contributed by atoms with Crippen molar-refractivity contribution >= 4 is 22.6 Å². The summed E-state index contributed by atoms with van der Waals surface area (Å²) in [6.07, 6.45) is 0. The summed E-state index contributed by atoms with van der Waals surface area (Å²) in [5.41, 5.74) is 0. The van der Waals surface area contributed by atoms with E-state index < -0.39 is 0 Å². The largest absolute Gasteiger partial charge is 0.316 e. The van der Waals surface area contributed by atoms with Gasteiger partial charge in [-0.15, -0.1) is 0 Å². The molecule has 0 saturated carbocycles. The van der Waals surface area contributed by atoms with E-state index in [0.29, 0.717) is 9.46 Å². The van der Waals surface area contributed by atoms with E-state index in [9.17, 15) is 0 Å². The quantitative estimate of drug-likeness (QED) is 0.560. The van der Waals surface area contributed by atoms with Crippen LogP contribution in [0.25, 0.3) is 0 Å². The normalized spacial score (nSPS) is 16.1. The van der Waals surface area contributed by atoms with Gasteiger partial charge in [0.15, 0.2) is 0 Å². The van der Waals surface area contributed by atoms with Crippen LogP contribution in [0.4, 0.5) is 0 Å². The molecule has 0 bridgehead atoms. The fourth-order valence-corrected chi connectivity index (χ4v) is 0.655. The number of nitrogens with one attached hydrogen (secondary N) is 1. The highest BCUT2D eigenvalue weighted by atomic mass is 127. The zero-order valence-corrected chi connectivity index (χ0v) is 8.11. The average molecular weight is 227 g/mol. The molecule has 1 atom stereocenters. The van der Waals surface area contributed by atoms with Crippen LogP contribution in [0, 0.1) is 0 Å². The molecule has 0 fully saturated rings. The molecule has 8 heavy (non-hydrogen) atoms. The Bertz CT molecular complexity index is 65.4. The Kier molecular flexibility index (Phi) is 3.27. The third-order valence-corrected chi connectivity index (χ3v) is 2.40. The zero-order valence-electron chi connectivity index (χ0n) is 5.96. The van der Waals surface area contributed by atoms with Crippen molar-refractivity contribution in [2.45, 2.75) is 30.2 Å². The molecular formula is C6H14IN. The summed E-state index contributed by atoms with van der Waals surface area (Å²) in [6, 6.07) is 0.586. The van der Waals surface area contributed by atoms with E-state index in [1.54, 1.807) is 0 Å². The Morgan fingerprint density at radius 3 is 1.88 bits per heavy atom. The second kappa shape index (κ2) is 3.01. The monoisotopic (exact) mass is 227 g/mol. The SMILES string of the molecule is CN[C@H](C)C(C)(C)I. The lowest BCUT2D eigenvalue weighted by atomic mass is 10.1. The van der Waals surface area contributed by atoms with Gasteiger partial charge in [-0.1, -0.05) is 22.6 Å². The summed E-state index contributed by atoms with van der Waals surface area (Å²) < 4.78 is 0.368. The third kappa shape index (κ3) is 2.87. The minimum Gasteiger partial charge on any atom is -0.316 e. The van der Waals surface area contributed by atoms with Gasteiger partial charge in [0.05, 0.1) is 0 Å². The molecular weight excluding hydrogens is 213 g/mol. The smallest absolute Gasteiger partial charge is 0.0316 e. The van der Waals surface area contributed by atoms with Crippen molar-refractivity contribution in [3.63, 3.8) is 0 Å². The fourth-order valence-electron chi connectivity index (χ4n) is 0.343. The van der Waals surface area contributed by atoms with Gasteiger partial charge in [-0.05, 0) is 27.8 Å². The Hall–Kier alpha value is 0.690. The first-order chi connectivity index (χ1) is 3.48. The van der Waals surface area contributed by atoms with E-state index in [1.165, 1.54) is 0 Å². The first-order valence-corrected chi connectivity index (χ1v) is 3.92.